The SMILES string of the molecule is COc1cccc(NC(=O)[C@H](C)[NH+](C)CC(=O)Nc2ccccc2SC)c1. The summed E-state index contributed by atoms with van der Waals surface area (Å²) in [7, 11) is 3.41. The number of anilines is 2. The number of rotatable bonds is 8. The van der Waals surface area contributed by atoms with Gasteiger partial charge in [-0.3, -0.25) is 9.59 Å². The van der Waals surface area contributed by atoms with E-state index >= 15 is 0 Å². The van der Waals surface area contributed by atoms with Crippen molar-refractivity contribution in [1.29, 1.82) is 0 Å². The average molecular weight is 389 g/mol. The Kier molecular flexibility index (Phi) is 7.69. The van der Waals surface area contributed by atoms with Crippen LogP contribution in [0.25, 0.3) is 0 Å². The van der Waals surface area contributed by atoms with Gasteiger partial charge in [-0.15, -0.1) is 11.8 Å². The third-order valence-electron chi connectivity index (χ3n) is 4.29. The number of quaternary nitrogens is 1. The molecule has 6 nitrogen and oxygen atoms in total. The molecular weight excluding hydrogens is 362 g/mol. The number of carbonyl (C=O) groups is 2. The molecule has 0 aliphatic heterocycles. The zero-order valence-corrected chi connectivity index (χ0v) is 16.9. The van der Waals surface area contributed by atoms with E-state index in [4.69, 9.17) is 4.74 Å². The zero-order valence-electron chi connectivity index (χ0n) is 16.0. The van der Waals surface area contributed by atoms with Gasteiger partial charge in [-0.05, 0) is 37.4 Å². The molecule has 2 aromatic carbocycles. The quantitative estimate of drug-likeness (QED) is 0.604. The molecule has 0 fully saturated rings. The Balaban J connectivity index is 1.92. The van der Waals surface area contributed by atoms with Crippen LogP contribution in [0.5, 0.6) is 5.75 Å². The Morgan fingerprint density at radius 1 is 1.15 bits per heavy atom. The fraction of sp³-hybridized carbons (Fsp3) is 0.300. The predicted molar refractivity (Wildman–Crippen MR) is 110 cm³/mol. The summed E-state index contributed by atoms with van der Waals surface area (Å²) in [6.45, 7) is 1.99. The molecule has 0 radical (unpaired) electrons. The molecule has 0 aliphatic rings. The van der Waals surface area contributed by atoms with E-state index in [0.29, 0.717) is 11.4 Å². The molecule has 2 amide bonds. The van der Waals surface area contributed by atoms with Gasteiger partial charge in [-0.2, -0.15) is 0 Å². The summed E-state index contributed by atoms with van der Waals surface area (Å²) < 4.78 is 5.16. The van der Waals surface area contributed by atoms with Gasteiger partial charge in [0.15, 0.2) is 12.6 Å². The Labute approximate surface area is 164 Å². The Bertz CT molecular complexity index is 798. The van der Waals surface area contributed by atoms with Gasteiger partial charge in [-0.1, -0.05) is 18.2 Å². The second-order valence-electron chi connectivity index (χ2n) is 6.21. The van der Waals surface area contributed by atoms with Crippen LogP contribution in [0.3, 0.4) is 0 Å². The fourth-order valence-electron chi connectivity index (χ4n) is 2.52. The van der Waals surface area contributed by atoms with Crippen LogP contribution in [0.2, 0.25) is 0 Å². The molecule has 0 heterocycles. The molecule has 0 saturated heterocycles. The van der Waals surface area contributed by atoms with Crippen molar-refractivity contribution >= 4 is 35.0 Å². The second kappa shape index (κ2) is 9.99. The first-order valence-corrected chi connectivity index (χ1v) is 9.87. The molecule has 0 saturated carbocycles. The van der Waals surface area contributed by atoms with Crippen molar-refractivity contribution in [2.45, 2.75) is 17.9 Å². The summed E-state index contributed by atoms with van der Waals surface area (Å²) in [4.78, 5) is 26.7. The van der Waals surface area contributed by atoms with Crippen molar-refractivity contribution in [3.8, 4) is 5.75 Å². The minimum absolute atomic E-state index is 0.130. The molecule has 0 bridgehead atoms. The zero-order chi connectivity index (χ0) is 19.8. The maximum Gasteiger partial charge on any atom is 0.282 e. The molecule has 7 heteroatoms. The van der Waals surface area contributed by atoms with E-state index in [9.17, 15) is 9.59 Å². The summed E-state index contributed by atoms with van der Waals surface area (Å²) in [5.41, 5.74) is 1.45. The summed E-state index contributed by atoms with van der Waals surface area (Å²) in [6.07, 6.45) is 1.97. The van der Waals surface area contributed by atoms with Crippen LogP contribution in [0.4, 0.5) is 11.4 Å². The Morgan fingerprint density at radius 3 is 2.59 bits per heavy atom. The molecular formula is C20H26N3O3S+. The molecule has 0 aliphatic carbocycles. The summed E-state index contributed by atoms with van der Waals surface area (Å²) >= 11 is 1.58. The molecule has 2 atom stereocenters. The third-order valence-corrected chi connectivity index (χ3v) is 5.09. The van der Waals surface area contributed by atoms with Crippen LogP contribution in [-0.4, -0.2) is 44.8 Å². The number of hydrogen-bond donors (Lipinski definition) is 3. The van der Waals surface area contributed by atoms with Crippen LogP contribution in [0.15, 0.2) is 53.4 Å². The first-order chi connectivity index (χ1) is 12.9. The number of para-hydroxylation sites is 1. The van der Waals surface area contributed by atoms with Gasteiger partial charge in [0.05, 0.1) is 19.8 Å². The summed E-state index contributed by atoms with van der Waals surface area (Å²) in [5, 5.41) is 5.79. The largest absolute Gasteiger partial charge is 0.497 e. The van der Waals surface area contributed by atoms with Crippen LogP contribution < -0.4 is 20.3 Å². The topological polar surface area (TPSA) is 71.9 Å². The Morgan fingerprint density at radius 2 is 1.89 bits per heavy atom. The minimum atomic E-state index is -0.391. The lowest BCUT2D eigenvalue weighted by Gasteiger charge is -2.21. The third kappa shape index (κ3) is 6.01. The van der Waals surface area contributed by atoms with E-state index in [2.05, 4.69) is 10.6 Å². The number of methoxy groups -OCH3 is 1. The van der Waals surface area contributed by atoms with Gasteiger partial charge in [0.25, 0.3) is 11.8 Å². The molecule has 1 unspecified atom stereocenters. The van der Waals surface area contributed by atoms with E-state index in [0.717, 1.165) is 15.5 Å². The lowest BCUT2D eigenvalue weighted by molar-refractivity contribution is -0.885. The van der Waals surface area contributed by atoms with Crippen LogP contribution in [0.1, 0.15) is 6.92 Å². The van der Waals surface area contributed by atoms with Gasteiger partial charge in [0, 0.05) is 16.6 Å². The van der Waals surface area contributed by atoms with Crippen molar-refractivity contribution < 1.29 is 19.2 Å². The van der Waals surface area contributed by atoms with Gasteiger partial charge in [0.1, 0.15) is 5.75 Å². The van der Waals surface area contributed by atoms with E-state index < -0.39 is 6.04 Å². The second-order valence-corrected chi connectivity index (χ2v) is 7.06. The standard InChI is InChI=1S/C20H25N3O3S/c1-14(20(25)21-15-8-7-9-16(12-15)26-3)23(2)13-19(24)22-17-10-5-6-11-18(17)27-4/h5-12,14H,13H2,1-4H3,(H,21,25)(H,22,24)/p+1/t14-/m0/s1. The Hall–Kier alpha value is -2.51. The number of ether oxygens (including phenoxy) is 1. The highest BCUT2D eigenvalue weighted by Gasteiger charge is 2.24. The van der Waals surface area contributed by atoms with Gasteiger partial charge in [0.2, 0.25) is 0 Å². The monoisotopic (exact) mass is 388 g/mol. The minimum Gasteiger partial charge on any atom is -0.497 e. The predicted octanol–water partition coefficient (Wildman–Crippen LogP) is 1.90. The average Bonchev–Trinajstić information content (AvgIpc) is 2.67. The molecule has 144 valence electrons. The van der Waals surface area contributed by atoms with Crippen LogP contribution in [-0.2, 0) is 9.59 Å². The van der Waals surface area contributed by atoms with E-state index in [1.54, 1.807) is 37.9 Å². The lowest BCUT2D eigenvalue weighted by atomic mass is 10.2. The van der Waals surface area contributed by atoms with Crippen molar-refractivity contribution in [1.82, 2.24) is 0 Å². The molecule has 27 heavy (non-hydrogen) atoms. The number of amides is 2. The maximum atomic E-state index is 12.5. The van der Waals surface area contributed by atoms with Gasteiger partial charge in [-0.25, -0.2) is 0 Å². The smallest absolute Gasteiger partial charge is 0.282 e. The first-order valence-electron chi connectivity index (χ1n) is 8.64. The van der Waals surface area contributed by atoms with Gasteiger partial charge < -0.3 is 20.3 Å². The van der Waals surface area contributed by atoms with Crippen molar-refractivity contribution in [2.75, 3.05) is 37.6 Å². The molecule has 0 spiro atoms. The molecule has 2 aromatic rings. The number of benzene rings is 2. The number of likely N-dealkylation sites (N-methyl/N-ethyl adjacent to an activating group) is 1. The van der Waals surface area contributed by atoms with Crippen molar-refractivity contribution in [3.05, 3.63) is 48.5 Å². The number of nitrogens with one attached hydrogen (secondary N) is 3. The van der Waals surface area contributed by atoms with Gasteiger partial charge >= 0.3 is 0 Å². The number of carbonyl (C=O) groups excluding carboxylic acids is 2. The molecule has 3 N–H and O–H groups in total. The van der Waals surface area contributed by atoms with Crippen molar-refractivity contribution in [3.63, 3.8) is 0 Å². The number of thioether (sulfide) groups is 1. The van der Waals surface area contributed by atoms with E-state index in [1.807, 2.05) is 49.7 Å². The lowest BCUT2D eigenvalue weighted by Crippen LogP contribution is -3.14. The fourth-order valence-corrected chi connectivity index (χ4v) is 3.08. The van der Waals surface area contributed by atoms with Crippen molar-refractivity contribution in [2.24, 2.45) is 0 Å². The van der Waals surface area contributed by atoms with Crippen LogP contribution in [0, 0.1) is 0 Å². The van der Waals surface area contributed by atoms with E-state index in [-0.39, 0.29) is 18.4 Å². The highest BCUT2D eigenvalue weighted by Crippen LogP contribution is 2.24. The van der Waals surface area contributed by atoms with Crippen LogP contribution >= 0.6 is 11.8 Å². The highest BCUT2D eigenvalue weighted by atomic mass is 32.2. The maximum absolute atomic E-state index is 12.5. The molecule has 2 rings (SSSR count). The summed E-state index contributed by atoms with van der Waals surface area (Å²) in [6, 6.07) is 14.4. The normalized spacial score (nSPS) is 12.7. The van der Waals surface area contributed by atoms with E-state index in [1.165, 1.54) is 0 Å². The summed E-state index contributed by atoms with van der Waals surface area (Å²) in [5.74, 6) is 0.390. The highest BCUT2D eigenvalue weighted by molar-refractivity contribution is 7.98. The first kappa shape index (κ1) is 20.8. The number of hydrogen-bond acceptors (Lipinski definition) is 4. The molecule has 0 aromatic heterocycles.